The van der Waals surface area contributed by atoms with Crippen molar-refractivity contribution in [2.24, 2.45) is 10.7 Å². The molecule has 0 unspecified atom stereocenters. The summed E-state index contributed by atoms with van der Waals surface area (Å²) in [5, 5.41) is 6.25. The molecule has 10 heteroatoms. The first kappa shape index (κ1) is 25.5. The molecule has 0 bridgehead atoms. The first-order valence-electron chi connectivity index (χ1n) is 8.96. The number of primary amides is 1. The van der Waals surface area contributed by atoms with E-state index in [0.717, 1.165) is 11.1 Å². The van der Waals surface area contributed by atoms with Crippen LogP contribution in [0.15, 0.2) is 53.5 Å². The van der Waals surface area contributed by atoms with Crippen LogP contribution in [0.1, 0.15) is 28.4 Å². The summed E-state index contributed by atoms with van der Waals surface area (Å²) in [6.07, 6.45) is -4.37. The van der Waals surface area contributed by atoms with Gasteiger partial charge >= 0.3 is 6.18 Å². The number of hydrogen-bond donors (Lipinski definition) is 3. The van der Waals surface area contributed by atoms with Gasteiger partial charge < -0.3 is 21.1 Å². The summed E-state index contributed by atoms with van der Waals surface area (Å²) in [6.45, 7) is 2.03. The van der Waals surface area contributed by atoms with E-state index >= 15 is 0 Å². The standard InChI is InChI=1S/C20H23F3N4O2.HI/c1-2-25-19(27-12-15-4-3-5-16(10-15)18(24)28)26-11-14-6-8-17(9-7-14)29-13-20(21,22)23;/h3-10H,2,11-13H2,1H3,(H2,24,28)(H2,25,26,27);1H. The molecule has 0 saturated heterocycles. The highest BCUT2D eigenvalue weighted by Crippen LogP contribution is 2.18. The molecule has 0 spiro atoms. The number of guanidine groups is 1. The van der Waals surface area contributed by atoms with Gasteiger partial charge in [0.25, 0.3) is 0 Å². The fourth-order valence-electron chi connectivity index (χ4n) is 2.39. The third-order valence-electron chi connectivity index (χ3n) is 3.76. The Hall–Kier alpha value is -2.50. The number of hydrogen-bond acceptors (Lipinski definition) is 3. The van der Waals surface area contributed by atoms with Crippen molar-refractivity contribution in [3.63, 3.8) is 0 Å². The second kappa shape index (κ2) is 12.3. The minimum atomic E-state index is -4.37. The zero-order valence-electron chi connectivity index (χ0n) is 16.3. The maximum absolute atomic E-state index is 12.2. The number of benzene rings is 2. The molecule has 4 N–H and O–H groups in total. The van der Waals surface area contributed by atoms with E-state index in [1.165, 1.54) is 12.1 Å². The van der Waals surface area contributed by atoms with Gasteiger partial charge in [-0.15, -0.1) is 24.0 Å². The van der Waals surface area contributed by atoms with Gasteiger partial charge in [-0.05, 0) is 42.3 Å². The number of ether oxygens (including phenoxy) is 1. The SMILES string of the molecule is CCNC(=NCc1cccc(C(N)=O)c1)NCc1ccc(OCC(F)(F)F)cc1.I. The van der Waals surface area contributed by atoms with Crippen LogP contribution in [0, 0.1) is 0 Å². The topological polar surface area (TPSA) is 88.7 Å². The van der Waals surface area contributed by atoms with Gasteiger partial charge in [-0.2, -0.15) is 13.2 Å². The summed E-state index contributed by atoms with van der Waals surface area (Å²) in [7, 11) is 0. The van der Waals surface area contributed by atoms with Crippen LogP contribution in [0.5, 0.6) is 5.75 Å². The van der Waals surface area contributed by atoms with Crippen molar-refractivity contribution >= 4 is 35.8 Å². The molecule has 0 aliphatic rings. The number of aliphatic imine (C=N–C) groups is 1. The van der Waals surface area contributed by atoms with Crippen molar-refractivity contribution in [2.45, 2.75) is 26.2 Å². The van der Waals surface area contributed by atoms with Crippen LogP contribution in [-0.4, -0.2) is 31.2 Å². The summed E-state index contributed by atoms with van der Waals surface area (Å²) in [4.78, 5) is 15.7. The number of halogens is 4. The lowest BCUT2D eigenvalue weighted by molar-refractivity contribution is -0.153. The second-order valence-corrected chi connectivity index (χ2v) is 6.16. The highest BCUT2D eigenvalue weighted by Gasteiger charge is 2.28. The molecule has 2 aromatic rings. The fourth-order valence-corrected chi connectivity index (χ4v) is 2.39. The fraction of sp³-hybridized carbons (Fsp3) is 0.300. The number of carbonyl (C=O) groups is 1. The van der Waals surface area contributed by atoms with Gasteiger partial charge in [0.1, 0.15) is 5.75 Å². The van der Waals surface area contributed by atoms with E-state index in [4.69, 9.17) is 5.73 Å². The van der Waals surface area contributed by atoms with Crippen molar-refractivity contribution in [3.8, 4) is 5.75 Å². The van der Waals surface area contributed by atoms with Crippen LogP contribution in [0.4, 0.5) is 13.2 Å². The van der Waals surface area contributed by atoms with E-state index in [1.54, 1.807) is 30.3 Å². The Morgan fingerprint density at radius 2 is 1.80 bits per heavy atom. The van der Waals surface area contributed by atoms with Crippen molar-refractivity contribution in [1.29, 1.82) is 0 Å². The highest BCUT2D eigenvalue weighted by atomic mass is 127. The lowest BCUT2D eigenvalue weighted by Gasteiger charge is -2.12. The molecule has 0 aliphatic heterocycles. The second-order valence-electron chi connectivity index (χ2n) is 6.16. The Morgan fingerprint density at radius 1 is 1.10 bits per heavy atom. The van der Waals surface area contributed by atoms with E-state index in [-0.39, 0.29) is 29.7 Å². The summed E-state index contributed by atoms with van der Waals surface area (Å²) < 4.78 is 41.2. The van der Waals surface area contributed by atoms with Gasteiger partial charge in [0, 0.05) is 18.7 Å². The van der Waals surface area contributed by atoms with Gasteiger partial charge in [-0.1, -0.05) is 24.3 Å². The number of carbonyl (C=O) groups excluding carboxylic acids is 1. The molecule has 0 aromatic heterocycles. The smallest absolute Gasteiger partial charge is 0.422 e. The molecule has 0 fully saturated rings. The number of nitrogens with one attached hydrogen (secondary N) is 2. The third-order valence-corrected chi connectivity index (χ3v) is 3.76. The molecule has 30 heavy (non-hydrogen) atoms. The zero-order valence-corrected chi connectivity index (χ0v) is 18.7. The molecular formula is C20H24F3IN4O2. The van der Waals surface area contributed by atoms with E-state index in [9.17, 15) is 18.0 Å². The van der Waals surface area contributed by atoms with Crippen molar-refractivity contribution in [3.05, 3.63) is 65.2 Å². The normalized spacial score (nSPS) is 11.4. The van der Waals surface area contributed by atoms with Crippen LogP contribution < -0.4 is 21.1 Å². The third kappa shape index (κ3) is 9.33. The summed E-state index contributed by atoms with van der Waals surface area (Å²) in [5.41, 5.74) is 7.40. The Labute approximate surface area is 190 Å². The molecule has 0 saturated carbocycles. The molecular weight excluding hydrogens is 512 g/mol. The van der Waals surface area contributed by atoms with E-state index in [1.807, 2.05) is 13.0 Å². The summed E-state index contributed by atoms with van der Waals surface area (Å²) in [5.74, 6) is 0.221. The molecule has 164 valence electrons. The van der Waals surface area contributed by atoms with Crippen LogP contribution in [0.2, 0.25) is 0 Å². The monoisotopic (exact) mass is 536 g/mol. The molecule has 2 rings (SSSR count). The average Bonchev–Trinajstić information content (AvgIpc) is 2.69. The highest BCUT2D eigenvalue weighted by molar-refractivity contribution is 14.0. The van der Waals surface area contributed by atoms with Crippen molar-refractivity contribution < 1.29 is 22.7 Å². The molecule has 6 nitrogen and oxygen atoms in total. The number of rotatable bonds is 8. The summed E-state index contributed by atoms with van der Waals surface area (Å²) >= 11 is 0. The first-order valence-corrected chi connectivity index (χ1v) is 8.96. The van der Waals surface area contributed by atoms with Gasteiger partial charge in [0.05, 0.1) is 6.54 Å². The number of nitrogens with zero attached hydrogens (tertiary/aromatic N) is 1. The van der Waals surface area contributed by atoms with Crippen LogP contribution in [-0.2, 0) is 13.1 Å². The predicted molar refractivity (Wildman–Crippen MR) is 120 cm³/mol. The minimum absolute atomic E-state index is 0. The van der Waals surface area contributed by atoms with E-state index in [2.05, 4.69) is 20.4 Å². The Bertz CT molecular complexity index is 843. The number of nitrogens with two attached hydrogens (primary N) is 1. The number of alkyl halides is 3. The molecule has 2 aromatic carbocycles. The van der Waals surface area contributed by atoms with Gasteiger partial charge in [0.2, 0.25) is 5.91 Å². The molecule has 0 atom stereocenters. The van der Waals surface area contributed by atoms with Gasteiger partial charge in [0.15, 0.2) is 12.6 Å². The summed E-state index contributed by atoms with van der Waals surface area (Å²) in [6, 6.07) is 13.3. The zero-order chi connectivity index (χ0) is 21.3. The maximum Gasteiger partial charge on any atom is 0.422 e. The Kier molecular flexibility index (Phi) is 10.4. The largest absolute Gasteiger partial charge is 0.484 e. The molecule has 0 heterocycles. The van der Waals surface area contributed by atoms with E-state index < -0.39 is 18.7 Å². The minimum Gasteiger partial charge on any atom is -0.484 e. The predicted octanol–water partition coefficient (Wildman–Crippen LogP) is 3.60. The number of amides is 1. The molecule has 0 radical (unpaired) electrons. The van der Waals surface area contributed by atoms with Crippen LogP contribution in [0.3, 0.4) is 0 Å². The van der Waals surface area contributed by atoms with Crippen LogP contribution >= 0.6 is 24.0 Å². The molecule has 0 aliphatic carbocycles. The van der Waals surface area contributed by atoms with Crippen molar-refractivity contribution in [2.75, 3.05) is 13.2 Å². The van der Waals surface area contributed by atoms with Gasteiger partial charge in [-0.25, -0.2) is 4.99 Å². The Balaban J connectivity index is 0.00000450. The Morgan fingerprint density at radius 3 is 2.40 bits per heavy atom. The van der Waals surface area contributed by atoms with Gasteiger partial charge in [-0.3, -0.25) is 4.79 Å². The first-order chi connectivity index (χ1) is 13.8. The van der Waals surface area contributed by atoms with E-state index in [0.29, 0.717) is 31.2 Å². The van der Waals surface area contributed by atoms with Crippen molar-refractivity contribution in [1.82, 2.24) is 10.6 Å². The maximum atomic E-state index is 12.2. The average molecular weight is 536 g/mol. The molecule has 1 amide bonds. The lowest BCUT2D eigenvalue weighted by Crippen LogP contribution is -2.36. The van der Waals surface area contributed by atoms with Crippen LogP contribution in [0.25, 0.3) is 0 Å². The quantitative estimate of drug-likeness (QED) is 0.274. The lowest BCUT2D eigenvalue weighted by atomic mass is 10.1.